The Morgan fingerprint density at radius 3 is 1.33 bits per heavy atom. The normalized spacial score (nSPS) is 11.7. The molecular formula is C63H58Cl2N12O. The van der Waals surface area contributed by atoms with Crippen LogP contribution in [0.15, 0.2) is 188 Å². The summed E-state index contributed by atoms with van der Waals surface area (Å²) in [6.07, 6.45) is 5.56. The van der Waals surface area contributed by atoms with Gasteiger partial charge in [-0.3, -0.25) is 0 Å². The van der Waals surface area contributed by atoms with Crippen molar-refractivity contribution in [2.24, 2.45) is 0 Å². The standard InChI is InChI=1S/C63H58Cl2N12O/c1-3-5-30-57-66-59(64)55(42-76-61(68-70-72-76)53-28-18-16-26-51(53)46-36-34-45(35-37-46)41-75-56(43-78)60(65)67-58(75)31-6-4-2)74(57)40-44-32-38-47(39-33-44)52-27-17-19-29-54(52)62-69-71-73-77(62)63(48-20-10-7-11-21-48,49-22-12-8-13-23-49)50-24-14-9-15-25-50/h7-29,32-39,78H,3-6,30-31,40-43H2,1-2H3. The molecule has 0 radical (unpaired) electrons. The summed E-state index contributed by atoms with van der Waals surface area (Å²) in [5, 5.41) is 38.3. The van der Waals surface area contributed by atoms with Gasteiger partial charge in [-0.25, -0.2) is 19.3 Å². The maximum Gasteiger partial charge on any atom is 0.184 e. The number of imidazole rings is 2. The maximum atomic E-state index is 10.2. The molecule has 4 heterocycles. The van der Waals surface area contributed by atoms with Crippen LogP contribution in [0.25, 0.3) is 45.0 Å². The average molecular weight is 1070 g/mol. The predicted octanol–water partition coefficient (Wildman–Crippen LogP) is 13.2. The van der Waals surface area contributed by atoms with Gasteiger partial charge in [-0.2, -0.15) is 0 Å². The quantitative estimate of drug-likeness (QED) is 0.0696. The lowest BCUT2D eigenvalue weighted by atomic mass is 9.77. The largest absolute Gasteiger partial charge is 0.390 e. The Kier molecular flexibility index (Phi) is 15.6. The van der Waals surface area contributed by atoms with Crippen molar-refractivity contribution in [3.8, 4) is 45.0 Å². The number of aliphatic hydroxyl groups excluding tert-OH is 1. The number of unbranched alkanes of at least 4 members (excludes halogenated alkanes) is 2. The number of aliphatic hydroxyl groups is 1. The van der Waals surface area contributed by atoms with E-state index in [1.165, 1.54) is 0 Å². The van der Waals surface area contributed by atoms with Gasteiger partial charge < -0.3 is 14.2 Å². The van der Waals surface area contributed by atoms with Gasteiger partial charge in [-0.15, -0.1) is 10.2 Å². The van der Waals surface area contributed by atoms with Crippen molar-refractivity contribution in [1.82, 2.24) is 59.5 Å². The fraction of sp³-hybridized carbons (Fsp3) is 0.206. The van der Waals surface area contributed by atoms with Crippen LogP contribution < -0.4 is 0 Å². The Bertz CT molecular complexity index is 3660. The Labute approximate surface area is 463 Å². The topological polar surface area (TPSA) is 143 Å². The number of aromatic nitrogens is 12. The molecule has 0 bridgehead atoms. The summed E-state index contributed by atoms with van der Waals surface area (Å²) in [6.45, 7) is 5.53. The minimum Gasteiger partial charge on any atom is -0.390 e. The van der Waals surface area contributed by atoms with E-state index in [9.17, 15) is 5.11 Å². The molecule has 15 heteroatoms. The molecule has 390 valence electrons. The zero-order valence-corrected chi connectivity index (χ0v) is 45.1. The third kappa shape index (κ3) is 10.2. The van der Waals surface area contributed by atoms with Crippen molar-refractivity contribution in [3.05, 3.63) is 249 Å². The van der Waals surface area contributed by atoms with Crippen molar-refractivity contribution in [2.45, 2.75) is 84.2 Å². The molecule has 0 spiro atoms. The number of tetrazole rings is 2. The third-order valence-corrected chi connectivity index (χ3v) is 15.2. The highest BCUT2D eigenvalue weighted by molar-refractivity contribution is 6.30. The second kappa shape index (κ2) is 23.5. The summed E-state index contributed by atoms with van der Waals surface area (Å²) in [6, 6.07) is 64.9. The minimum atomic E-state index is -0.902. The van der Waals surface area contributed by atoms with Crippen LogP contribution in [0.3, 0.4) is 0 Å². The zero-order valence-electron chi connectivity index (χ0n) is 43.5. The second-order valence-electron chi connectivity index (χ2n) is 19.4. The number of nitrogens with zero attached hydrogens (tertiary/aromatic N) is 12. The van der Waals surface area contributed by atoms with Gasteiger partial charge in [-0.1, -0.05) is 238 Å². The first-order valence-corrected chi connectivity index (χ1v) is 27.3. The first kappa shape index (κ1) is 51.7. The Hall–Kier alpha value is -8.36. The van der Waals surface area contributed by atoms with Crippen LogP contribution in [0.2, 0.25) is 10.3 Å². The maximum absolute atomic E-state index is 10.2. The molecule has 0 unspecified atom stereocenters. The van der Waals surface area contributed by atoms with Crippen LogP contribution in [0.1, 0.15) is 90.4 Å². The highest BCUT2D eigenvalue weighted by Gasteiger charge is 2.42. The molecule has 7 aromatic carbocycles. The Balaban J connectivity index is 0.892. The molecule has 0 fully saturated rings. The fourth-order valence-electron chi connectivity index (χ4n) is 10.7. The molecule has 13 nitrogen and oxygen atoms in total. The number of halogens is 2. The summed E-state index contributed by atoms with van der Waals surface area (Å²) >= 11 is 13.6. The van der Waals surface area contributed by atoms with E-state index in [-0.39, 0.29) is 6.61 Å². The highest BCUT2D eigenvalue weighted by Crippen LogP contribution is 2.44. The highest BCUT2D eigenvalue weighted by atomic mass is 35.5. The molecule has 0 aliphatic rings. The molecule has 0 amide bonds. The van der Waals surface area contributed by atoms with Crippen molar-refractivity contribution in [2.75, 3.05) is 0 Å². The lowest BCUT2D eigenvalue weighted by Crippen LogP contribution is -2.39. The van der Waals surface area contributed by atoms with Crippen molar-refractivity contribution >= 4 is 23.2 Å². The van der Waals surface area contributed by atoms with Crippen LogP contribution in [-0.2, 0) is 44.6 Å². The summed E-state index contributed by atoms with van der Waals surface area (Å²) in [4.78, 5) is 9.54. The van der Waals surface area contributed by atoms with Crippen LogP contribution in [0, 0.1) is 0 Å². The van der Waals surface area contributed by atoms with Crippen molar-refractivity contribution in [1.29, 1.82) is 0 Å². The molecule has 0 atom stereocenters. The molecule has 11 rings (SSSR count). The number of hydrogen-bond donors (Lipinski definition) is 1. The van der Waals surface area contributed by atoms with Crippen LogP contribution in [0.5, 0.6) is 0 Å². The first-order chi connectivity index (χ1) is 38.4. The van der Waals surface area contributed by atoms with E-state index >= 15 is 0 Å². The van der Waals surface area contributed by atoms with Gasteiger partial charge in [0.1, 0.15) is 17.2 Å². The lowest BCUT2D eigenvalue weighted by molar-refractivity contribution is 0.271. The van der Waals surface area contributed by atoms with Gasteiger partial charge in [0, 0.05) is 37.1 Å². The van der Waals surface area contributed by atoms with E-state index in [0.717, 1.165) is 117 Å². The van der Waals surface area contributed by atoms with Crippen molar-refractivity contribution in [3.63, 3.8) is 0 Å². The van der Waals surface area contributed by atoms with Gasteiger partial charge >= 0.3 is 0 Å². The van der Waals surface area contributed by atoms with Crippen LogP contribution in [-0.4, -0.2) is 64.6 Å². The lowest BCUT2D eigenvalue weighted by Gasteiger charge is -2.36. The third-order valence-electron chi connectivity index (χ3n) is 14.6. The van der Waals surface area contributed by atoms with Crippen LogP contribution >= 0.6 is 23.2 Å². The van der Waals surface area contributed by atoms with Crippen molar-refractivity contribution < 1.29 is 5.11 Å². The van der Waals surface area contributed by atoms with Gasteiger partial charge in [0.2, 0.25) is 0 Å². The zero-order chi connectivity index (χ0) is 53.4. The summed E-state index contributed by atoms with van der Waals surface area (Å²) in [5.41, 5.74) is 11.6. The molecule has 11 aromatic rings. The Morgan fingerprint density at radius 1 is 0.449 bits per heavy atom. The molecule has 0 aliphatic heterocycles. The van der Waals surface area contributed by atoms with Gasteiger partial charge in [0.15, 0.2) is 22.0 Å². The Morgan fingerprint density at radius 2 is 0.859 bits per heavy atom. The van der Waals surface area contributed by atoms with Crippen LogP contribution in [0.4, 0.5) is 0 Å². The number of hydrogen-bond acceptors (Lipinski definition) is 9. The SMILES string of the molecule is CCCCc1nc(Cl)c(CO)n1Cc1ccc(-c2ccccc2-c2nnnn2Cc2c(Cl)nc(CCCC)n2Cc2ccc(-c3ccccc3-c3nnnn3C(c3ccccc3)(c3ccccc3)c3ccccc3)cc2)cc1. The predicted molar refractivity (Wildman–Crippen MR) is 307 cm³/mol. The van der Waals surface area contributed by atoms with Gasteiger partial charge in [0.25, 0.3) is 0 Å². The first-order valence-electron chi connectivity index (χ1n) is 26.6. The van der Waals surface area contributed by atoms with E-state index in [4.69, 9.17) is 38.5 Å². The average Bonchev–Trinajstić information content (AvgIpc) is 4.36. The van der Waals surface area contributed by atoms with Gasteiger partial charge in [0.05, 0.1) is 24.5 Å². The van der Waals surface area contributed by atoms with E-state index in [2.05, 4.69) is 190 Å². The molecular weight excluding hydrogens is 1010 g/mol. The summed E-state index contributed by atoms with van der Waals surface area (Å²) in [5.74, 6) is 3.03. The molecule has 4 aromatic heterocycles. The monoisotopic (exact) mass is 1070 g/mol. The fourth-order valence-corrected chi connectivity index (χ4v) is 11.2. The molecule has 0 saturated carbocycles. The number of rotatable bonds is 21. The second-order valence-corrected chi connectivity index (χ2v) is 20.2. The van der Waals surface area contributed by atoms with E-state index in [0.29, 0.717) is 47.3 Å². The minimum absolute atomic E-state index is 0.179. The van der Waals surface area contributed by atoms with E-state index in [1.807, 2.05) is 56.4 Å². The molecule has 1 N–H and O–H groups in total. The summed E-state index contributed by atoms with van der Waals surface area (Å²) < 4.78 is 8.05. The van der Waals surface area contributed by atoms with E-state index in [1.54, 1.807) is 0 Å². The molecule has 78 heavy (non-hydrogen) atoms. The summed E-state index contributed by atoms with van der Waals surface area (Å²) in [7, 11) is 0. The van der Waals surface area contributed by atoms with Gasteiger partial charge in [-0.05, 0) is 83.8 Å². The number of aryl methyl sites for hydroxylation is 2. The smallest absolute Gasteiger partial charge is 0.184 e. The molecule has 0 saturated heterocycles. The molecule has 0 aliphatic carbocycles. The van der Waals surface area contributed by atoms with E-state index < -0.39 is 5.54 Å². The number of benzene rings is 7.